The maximum Gasteiger partial charge on any atom is 0.251 e. The number of benzene rings is 1. The third-order valence-corrected chi connectivity index (χ3v) is 1.53. The second-order valence-corrected chi connectivity index (χ2v) is 2.57. The summed E-state index contributed by atoms with van der Waals surface area (Å²) in [5, 5.41) is 2.41. The van der Waals surface area contributed by atoms with Crippen LogP contribution in [0.15, 0.2) is 24.3 Å². The quantitative estimate of drug-likeness (QED) is 0.684. The van der Waals surface area contributed by atoms with Gasteiger partial charge >= 0.3 is 0 Å². The minimum Gasteiger partial charge on any atom is -0.399 e. The molecule has 3 nitrogen and oxygen atoms in total. The van der Waals surface area contributed by atoms with Crippen LogP contribution in [0.5, 0.6) is 0 Å². The van der Waals surface area contributed by atoms with E-state index < -0.39 is 6.67 Å². The first-order valence-corrected chi connectivity index (χ1v) is 3.93. The summed E-state index contributed by atoms with van der Waals surface area (Å²) in [6.07, 6.45) is 0. The number of hydrogen-bond acceptors (Lipinski definition) is 2. The lowest BCUT2D eigenvalue weighted by atomic mass is 10.2. The second kappa shape index (κ2) is 4.45. The molecule has 1 aromatic carbocycles. The van der Waals surface area contributed by atoms with Crippen molar-refractivity contribution in [1.29, 1.82) is 0 Å². The number of hydrogen-bond donors (Lipinski definition) is 2. The maximum atomic E-state index is 11.7. The van der Waals surface area contributed by atoms with Crippen molar-refractivity contribution in [2.24, 2.45) is 0 Å². The number of halogens is 1. The molecule has 0 saturated heterocycles. The van der Waals surface area contributed by atoms with Crippen LogP contribution in [0, 0.1) is 0 Å². The Morgan fingerprint density at radius 2 is 2.31 bits per heavy atom. The van der Waals surface area contributed by atoms with E-state index in [1.165, 1.54) is 0 Å². The molecule has 0 aromatic heterocycles. The van der Waals surface area contributed by atoms with Crippen LogP contribution in [0.1, 0.15) is 10.4 Å². The standard InChI is InChI=1S/C9H11FN2O/c10-4-5-12-9(13)7-2-1-3-8(11)6-7/h1-3,6H,4-5,11H2,(H,12,13). The van der Waals surface area contributed by atoms with Gasteiger partial charge in [-0.05, 0) is 18.2 Å². The first kappa shape index (κ1) is 9.51. The van der Waals surface area contributed by atoms with Crippen molar-refractivity contribution < 1.29 is 9.18 Å². The number of amides is 1. The average molecular weight is 182 g/mol. The number of carbonyl (C=O) groups excluding carboxylic acids is 1. The van der Waals surface area contributed by atoms with E-state index in [2.05, 4.69) is 5.32 Å². The molecule has 0 aliphatic carbocycles. The molecule has 0 spiro atoms. The Morgan fingerprint density at radius 1 is 1.54 bits per heavy atom. The highest BCUT2D eigenvalue weighted by Crippen LogP contribution is 2.05. The number of rotatable bonds is 3. The normalized spacial score (nSPS) is 9.62. The molecule has 0 fully saturated rings. The zero-order chi connectivity index (χ0) is 9.68. The Morgan fingerprint density at radius 3 is 2.92 bits per heavy atom. The minimum atomic E-state index is -0.561. The molecular weight excluding hydrogens is 171 g/mol. The van der Waals surface area contributed by atoms with Crippen LogP contribution in [-0.4, -0.2) is 19.1 Å². The van der Waals surface area contributed by atoms with Gasteiger partial charge in [-0.2, -0.15) is 0 Å². The molecule has 1 aromatic rings. The lowest BCUT2D eigenvalue weighted by Crippen LogP contribution is -2.25. The minimum absolute atomic E-state index is 0.0353. The number of nitrogen functional groups attached to an aromatic ring is 1. The van der Waals surface area contributed by atoms with Gasteiger partial charge in [0.25, 0.3) is 5.91 Å². The van der Waals surface area contributed by atoms with Gasteiger partial charge in [-0.3, -0.25) is 4.79 Å². The molecule has 0 radical (unpaired) electrons. The smallest absolute Gasteiger partial charge is 0.251 e. The monoisotopic (exact) mass is 182 g/mol. The zero-order valence-electron chi connectivity index (χ0n) is 7.09. The summed E-state index contributed by atoms with van der Waals surface area (Å²) in [6, 6.07) is 6.54. The van der Waals surface area contributed by atoms with Gasteiger partial charge in [0.15, 0.2) is 0 Å². The van der Waals surface area contributed by atoms with Crippen LogP contribution >= 0.6 is 0 Å². The molecule has 4 heteroatoms. The number of alkyl halides is 1. The summed E-state index contributed by atoms with van der Waals surface area (Å²) in [7, 11) is 0. The average Bonchev–Trinajstić information content (AvgIpc) is 2.14. The second-order valence-electron chi connectivity index (χ2n) is 2.57. The van der Waals surface area contributed by atoms with Crippen molar-refractivity contribution in [3.63, 3.8) is 0 Å². The van der Waals surface area contributed by atoms with Crippen LogP contribution in [0.25, 0.3) is 0 Å². The molecule has 0 unspecified atom stereocenters. The molecule has 0 bridgehead atoms. The number of nitrogens with two attached hydrogens (primary N) is 1. The van der Waals surface area contributed by atoms with E-state index in [1.807, 2.05) is 0 Å². The third-order valence-electron chi connectivity index (χ3n) is 1.53. The molecule has 70 valence electrons. The van der Waals surface area contributed by atoms with E-state index in [4.69, 9.17) is 5.73 Å². The summed E-state index contributed by atoms with van der Waals surface area (Å²) < 4.78 is 11.7. The summed E-state index contributed by atoms with van der Waals surface area (Å²) in [4.78, 5) is 11.2. The van der Waals surface area contributed by atoms with E-state index in [-0.39, 0.29) is 12.5 Å². The van der Waals surface area contributed by atoms with Crippen molar-refractivity contribution in [1.82, 2.24) is 5.32 Å². The van der Waals surface area contributed by atoms with Crippen molar-refractivity contribution in [2.75, 3.05) is 19.0 Å². The van der Waals surface area contributed by atoms with E-state index in [9.17, 15) is 9.18 Å². The highest BCUT2D eigenvalue weighted by molar-refractivity contribution is 5.94. The number of nitrogens with one attached hydrogen (secondary N) is 1. The van der Waals surface area contributed by atoms with Crippen molar-refractivity contribution in [3.8, 4) is 0 Å². The Labute approximate surface area is 75.7 Å². The Hall–Kier alpha value is -1.58. The van der Waals surface area contributed by atoms with Gasteiger partial charge in [0.05, 0.1) is 0 Å². The lowest BCUT2D eigenvalue weighted by molar-refractivity contribution is 0.0951. The van der Waals surface area contributed by atoms with Gasteiger partial charge in [0.2, 0.25) is 0 Å². The molecular formula is C9H11FN2O. The fraction of sp³-hybridized carbons (Fsp3) is 0.222. The van der Waals surface area contributed by atoms with E-state index >= 15 is 0 Å². The van der Waals surface area contributed by atoms with Crippen molar-refractivity contribution in [2.45, 2.75) is 0 Å². The molecule has 13 heavy (non-hydrogen) atoms. The molecule has 3 N–H and O–H groups in total. The van der Waals surface area contributed by atoms with Crippen LogP contribution in [0.2, 0.25) is 0 Å². The Bertz CT molecular complexity index is 301. The van der Waals surface area contributed by atoms with Gasteiger partial charge < -0.3 is 11.1 Å². The highest BCUT2D eigenvalue weighted by atomic mass is 19.1. The van der Waals surface area contributed by atoms with Gasteiger partial charge in [-0.25, -0.2) is 4.39 Å². The molecule has 1 rings (SSSR count). The lowest BCUT2D eigenvalue weighted by Gasteiger charge is -2.02. The fourth-order valence-corrected chi connectivity index (χ4v) is 0.943. The summed E-state index contributed by atoms with van der Waals surface area (Å²) >= 11 is 0. The topological polar surface area (TPSA) is 55.1 Å². The molecule has 0 aliphatic rings. The highest BCUT2D eigenvalue weighted by Gasteiger charge is 2.03. The van der Waals surface area contributed by atoms with Gasteiger partial charge in [0, 0.05) is 17.8 Å². The molecule has 0 heterocycles. The van der Waals surface area contributed by atoms with Crippen LogP contribution < -0.4 is 11.1 Å². The summed E-state index contributed by atoms with van der Waals surface area (Å²) in [5.41, 5.74) is 6.44. The first-order chi connectivity index (χ1) is 6.24. The third kappa shape index (κ3) is 2.74. The van der Waals surface area contributed by atoms with Crippen molar-refractivity contribution >= 4 is 11.6 Å². The van der Waals surface area contributed by atoms with Crippen LogP contribution in [0.3, 0.4) is 0 Å². The largest absolute Gasteiger partial charge is 0.399 e. The predicted octanol–water partition coefficient (Wildman–Crippen LogP) is 0.968. The summed E-state index contributed by atoms with van der Waals surface area (Å²) in [6.45, 7) is -0.526. The van der Waals surface area contributed by atoms with Gasteiger partial charge in [-0.15, -0.1) is 0 Å². The SMILES string of the molecule is Nc1cccc(C(=O)NCCF)c1. The van der Waals surface area contributed by atoms with Crippen LogP contribution in [-0.2, 0) is 0 Å². The molecule has 0 saturated carbocycles. The molecule has 0 aliphatic heterocycles. The molecule has 0 atom stereocenters. The maximum absolute atomic E-state index is 11.7. The van der Waals surface area contributed by atoms with Gasteiger partial charge in [-0.1, -0.05) is 6.07 Å². The van der Waals surface area contributed by atoms with E-state index in [0.717, 1.165) is 0 Å². The zero-order valence-corrected chi connectivity index (χ0v) is 7.09. The molecule has 1 amide bonds. The van der Waals surface area contributed by atoms with Gasteiger partial charge in [0.1, 0.15) is 6.67 Å². The number of carbonyl (C=O) groups is 1. The first-order valence-electron chi connectivity index (χ1n) is 3.93. The fourth-order valence-electron chi connectivity index (χ4n) is 0.943. The summed E-state index contributed by atoms with van der Waals surface area (Å²) in [5.74, 6) is -0.301. The predicted molar refractivity (Wildman–Crippen MR) is 49.2 cm³/mol. The number of anilines is 1. The van der Waals surface area contributed by atoms with Crippen LogP contribution in [0.4, 0.5) is 10.1 Å². The Balaban J connectivity index is 2.66. The Kier molecular flexibility index (Phi) is 3.25. The van der Waals surface area contributed by atoms with Crippen molar-refractivity contribution in [3.05, 3.63) is 29.8 Å². The van der Waals surface area contributed by atoms with E-state index in [0.29, 0.717) is 11.3 Å². The van der Waals surface area contributed by atoms with E-state index in [1.54, 1.807) is 24.3 Å².